The van der Waals surface area contributed by atoms with Crippen molar-refractivity contribution < 1.29 is 24.0 Å². The van der Waals surface area contributed by atoms with Crippen LogP contribution in [0.4, 0.5) is 11.4 Å². The number of furan rings is 1. The van der Waals surface area contributed by atoms with Gasteiger partial charge in [0, 0.05) is 22.9 Å². The van der Waals surface area contributed by atoms with E-state index in [-0.39, 0.29) is 30.2 Å². The average Bonchev–Trinajstić information content (AvgIpc) is 3.18. The molecule has 1 amide bonds. The monoisotopic (exact) mass is 416 g/mol. The molecule has 0 fully saturated rings. The molecule has 0 aliphatic carbocycles. The molecule has 0 radical (unpaired) electrons. The Morgan fingerprint density at radius 3 is 2.69 bits per heavy atom. The number of nitro groups is 1. The molecule has 3 rings (SSSR count). The van der Waals surface area contributed by atoms with E-state index in [0.29, 0.717) is 27.8 Å². The van der Waals surface area contributed by atoms with Crippen LogP contribution in [0.25, 0.3) is 11.3 Å². The second-order valence-electron chi connectivity index (χ2n) is 5.95. The Balaban J connectivity index is 1.86. The van der Waals surface area contributed by atoms with Crippen molar-refractivity contribution in [3.63, 3.8) is 0 Å². The van der Waals surface area contributed by atoms with Crippen LogP contribution < -0.4 is 10.1 Å². The van der Waals surface area contributed by atoms with Gasteiger partial charge in [-0.25, -0.2) is 0 Å². The third kappa shape index (κ3) is 4.56. The third-order valence-corrected chi connectivity index (χ3v) is 4.35. The Morgan fingerprint density at radius 1 is 1.24 bits per heavy atom. The average molecular weight is 417 g/mol. The van der Waals surface area contributed by atoms with Crippen LogP contribution in [0.1, 0.15) is 23.0 Å². The Morgan fingerprint density at radius 2 is 2.03 bits per heavy atom. The van der Waals surface area contributed by atoms with E-state index in [9.17, 15) is 14.9 Å². The Bertz CT molecular complexity index is 1060. The van der Waals surface area contributed by atoms with E-state index < -0.39 is 10.8 Å². The van der Waals surface area contributed by atoms with E-state index >= 15 is 0 Å². The highest BCUT2D eigenvalue weighted by molar-refractivity contribution is 6.33. The molecule has 1 aromatic heterocycles. The van der Waals surface area contributed by atoms with Gasteiger partial charge in [0.05, 0.1) is 16.6 Å². The molecule has 0 saturated carbocycles. The zero-order valence-electron chi connectivity index (χ0n) is 15.3. The molecule has 3 aromatic rings. The molecule has 0 bridgehead atoms. The lowest BCUT2D eigenvalue weighted by atomic mass is 10.1. The summed E-state index contributed by atoms with van der Waals surface area (Å²) in [5, 5.41) is 23.5. The van der Waals surface area contributed by atoms with Crippen LogP contribution in [0.3, 0.4) is 0 Å². The molecule has 0 aliphatic rings. The number of nitrogens with one attached hydrogen (secondary N) is 1. The lowest BCUT2D eigenvalue weighted by molar-refractivity contribution is -0.385. The van der Waals surface area contributed by atoms with E-state index in [0.717, 1.165) is 6.07 Å². The number of aliphatic hydroxyl groups excluding tert-OH is 1. The van der Waals surface area contributed by atoms with Gasteiger partial charge in [-0.1, -0.05) is 11.6 Å². The van der Waals surface area contributed by atoms with Gasteiger partial charge in [0.15, 0.2) is 5.75 Å². The maximum absolute atomic E-state index is 12.6. The summed E-state index contributed by atoms with van der Waals surface area (Å²) in [6.07, 6.45) is 0. The molecular formula is C20H17ClN2O6. The van der Waals surface area contributed by atoms with Crippen LogP contribution in [0.2, 0.25) is 5.02 Å². The Labute approximate surface area is 170 Å². The van der Waals surface area contributed by atoms with Crippen molar-refractivity contribution in [3.05, 3.63) is 75.0 Å². The highest BCUT2D eigenvalue weighted by Crippen LogP contribution is 2.33. The number of nitrogens with zero attached hydrogens (tertiary/aromatic N) is 1. The van der Waals surface area contributed by atoms with Crippen molar-refractivity contribution in [3.8, 4) is 17.1 Å². The van der Waals surface area contributed by atoms with E-state index in [1.165, 1.54) is 12.1 Å². The van der Waals surface area contributed by atoms with E-state index in [1.807, 2.05) is 0 Å². The quantitative estimate of drug-likeness (QED) is 0.428. The van der Waals surface area contributed by atoms with Gasteiger partial charge in [-0.3, -0.25) is 14.9 Å². The van der Waals surface area contributed by atoms with Crippen molar-refractivity contribution in [1.29, 1.82) is 0 Å². The molecular weight excluding hydrogens is 400 g/mol. The molecule has 0 saturated heterocycles. The van der Waals surface area contributed by atoms with Gasteiger partial charge in [-0.05, 0) is 49.4 Å². The lowest BCUT2D eigenvalue weighted by Crippen LogP contribution is -2.12. The molecule has 0 aliphatic heterocycles. The van der Waals surface area contributed by atoms with Gasteiger partial charge >= 0.3 is 5.69 Å². The number of aliphatic hydroxyl groups is 1. The minimum atomic E-state index is -0.599. The summed E-state index contributed by atoms with van der Waals surface area (Å²) >= 11 is 6.22. The highest BCUT2D eigenvalue weighted by atomic mass is 35.5. The zero-order valence-corrected chi connectivity index (χ0v) is 16.1. The zero-order chi connectivity index (χ0) is 21.0. The van der Waals surface area contributed by atoms with Gasteiger partial charge in [0.25, 0.3) is 5.91 Å². The largest absolute Gasteiger partial charge is 0.487 e. The SMILES string of the molecule is CCOc1ccc(C(=O)Nc2ccc(Cl)c(-c3ccc(CO)o3)c2)cc1[N+](=O)[O-]. The number of rotatable bonds is 7. The number of nitro benzene ring substituents is 1. The van der Waals surface area contributed by atoms with Crippen LogP contribution in [0.15, 0.2) is 52.9 Å². The first-order chi connectivity index (χ1) is 13.9. The number of carbonyl (C=O) groups is 1. The summed E-state index contributed by atoms with van der Waals surface area (Å²) in [6.45, 7) is 1.74. The number of ether oxygens (including phenoxy) is 1. The van der Waals surface area contributed by atoms with Gasteiger partial charge < -0.3 is 19.6 Å². The van der Waals surface area contributed by atoms with E-state index in [2.05, 4.69) is 5.32 Å². The number of halogens is 1. The molecule has 2 aromatic carbocycles. The standard InChI is InChI=1S/C20H17ClN2O6/c1-2-28-19-7-3-12(9-17(19)23(26)27)20(25)22-13-4-6-16(21)15(10-13)18-8-5-14(11-24)29-18/h3-10,24H,2,11H2,1H3,(H,22,25). The molecule has 8 nitrogen and oxygen atoms in total. The fourth-order valence-electron chi connectivity index (χ4n) is 2.68. The summed E-state index contributed by atoms with van der Waals surface area (Å²) in [5.74, 6) is 0.388. The molecule has 1 heterocycles. The number of amides is 1. The summed E-state index contributed by atoms with van der Waals surface area (Å²) < 4.78 is 10.7. The first-order valence-electron chi connectivity index (χ1n) is 8.65. The number of hydrogen-bond acceptors (Lipinski definition) is 6. The second kappa shape index (κ2) is 8.76. The van der Waals surface area contributed by atoms with Crippen LogP contribution in [0.5, 0.6) is 5.75 Å². The minimum absolute atomic E-state index is 0.0975. The smallest absolute Gasteiger partial charge is 0.311 e. The van der Waals surface area contributed by atoms with Crippen LogP contribution >= 0.6 is 11.6 Å². The van der Waals surface area contributed by atoms with Crippen molar-refractivity contribution >= 4 is 28.9 Å². The molecule has 0 atom stereocenters. The normalized spacial score (nSPS) is 10.6. The van der Waals surface area contributed by atoms with Crippen molar-refractivity contribution in [2.75, 3.05) is 11.9 Å². The summed E-state index contributed by atoms with van der Waals surface area (Å²) in [7, 11) is 0. The first-order valence-corrected chi connectivity index (χ1v) is 9.02. The summed E-state index contributed by atoms with van der Waals surface area (Å²) in [4.78, 5) is 23.2. The van der Waals surface area contributed by atoms with Gasteiger partial charge in [0.2, 0.25) is 0 Å². The predicted molar refractivity (Wildman–Crippen MR) is 107 cm³/mol. The molecule has 150 valence electrons. The fourth-order valence-corrected chi connectivity index (χ4v) is 2.89. The fraction of sp³-hybridized carbons (Fsp3) is 0.150. The second-order valence-corrected chi connectivity index (χ2v) is 6.35. The Hall–Kier alpha value is -3.36. The number of carbonyl (C=O) groups excluding carboxylic acids is 1. The third-order valence-electron chi connectivity index (χ3n) is 4.02. The van der Waals surface area contributed by atoms with Gasteiger partial charge in [-0.2, -0.15) is 0 Å². The van der Waals surface area contributed by atoms with Crippen molar-refractivity contribution in [1.82, 2.24) is 0 Å². The topological polar surface area (TPSA) is 115 Å². The summed E-state index contributed by atoms with van der Waals surface area (Å²) in [6, 6.07) is 12.1. The number of benzene rings is 2. The Kier molecular flexibility index (Phi) is 6.16. The minimum Gasteiger partial charge on any atom is -0.487 e. The van der Waals surface area contributed by atoms with Gasteiger partial charge in [0.1, 0.15) is 18.1 Å². The first kappa shape index (κ1) is 20.4. The molecule has 9 heteroatoms. The molecule has 0 spiro atoms. The lowest BCUT2D eigenvalue weighted by Gasteiger charge is -2.09. The number of anilines is 1. The highest BCUT2D eigenvalue weighted by Gasteiger charge is 2.19. The van der Waals surface area contributed by atoms with E-state index in [1.54, 1.807) is 37.3 Å². The van der Waals surface area contributed by atoms with Crippen LogP contribution in [0, 0.1) is 10.1 Å². The van der Waals surface area contributed by atoms with Crippen LogP contribution in [-0.2, 0) is 6.61 Å². The van der Waals surface area contributed by atoms with E-state index in [4.69, 9.17) is 25.9 Å². The number of hydrogen-bond donors (Lipinski definition) is 2. The predicted octanol–water partition coefficient (Wildman–Crippen LogP) is 4.65. The van der Waals surface area contributed by atoms with Gasteiger partial charge in [-0.15, -0.1) is 0 Å². The maximum Gasteiger partial charge on any atom is 0.311 e. The summed E-state index contributed by atoms with van der Waals surface area (Å²) in [5.41, 5.74) is 0.773. The van der Waals surface area contributed by atoms with Crippen LogP contribution in [-0.4, -0.2) is 22.5 Å². The van der Waals surface area contributed by atoms with Crippen molar-refractivity contribution in [2.24, 2.45) is 0 Å². The molecule has 0 unspecified atom stereocenters. The van der Waals surface area contributed by atoms with Crippen molar-refractivity contribution in [2.45, 2.75) is 13.5 Å². The molecule has 29 heavy (non-hydrogen) atoms. The maximum atomic E-state index is 12.6. The molecule has 2 N–H and O–H groups in total.